The Morgan fingerprint density at radius 2 is 0.476 bits per heavy atom. The van der Waals surface area contributed by atoms with Crippen LogP contribution in [-0.2, 0) is 28.6 Å². The van der Waals surface area contributed by atoms with Crippen molar-refractivity contribution in [3.8, 4) is 0 Å². The zero-order chi connectivity index (χ0) is 59.2. The molecular formula is C76H132O6. The van der Waals surface area contributed by atoms with Crippen molar-refractivity contribution in [2.75, 3.05) is 13.2 Å². The summed E-state index contributed by atoms with van der Waals surface area (Å²) in [4.78, 5) is 38.5. The average molecular weight is 1140 g/mol. The van der Waals surface area contributed by atoms with E-state index in [-0.39, 0.29) is 31.1 Å². The van der Waals surface area contributed by atoms with Crippen LogP contribution in [0.1, 0.15) is 348 Å². The fraction of sp³-hybridized carbons (Fsp3) is 0.750. The Morgan fingerprint density at radius 1 is 0.256 bits per heavy atom. The number of allylic oxidation sites excluding steroid dienone is 16. The Balaban J connectivity index is 4.39. The van der Waals surface area contributed by atoms with Crippen molar-refractivity contribution in [2.24, 2.45) is 0 Å². The minimum absolute atomic E-state index is 0.0811. The molecule has 0 spiro atoms. The Kier molecular flexibility index (Phi) is 66.7. The standard InChI is InChI=1S/C76H132O6/c1-4-7-10-13-16-19-22-25-28-31-34-35-36-37-38-39-40-41-43-45-48-51-54-57-60-63-66-69-75(78)81-72-73(71-80-74(77)68-65-62-59-56-53-50-47-44-33-30-27-24-21-18-15-12-9-6-3)82-76(79)70-67-64-61-58-55-52-49-46-42-32-29-26-23-20-17-14-11-8-5-2/h7,10,16,19,25-26,28-29,34-35,37-38,40-41,45,48,73H,4-6,8-9,11-15,17-18,20-24,27,30-33,36,39,42-44,46-47,49-72H2,1-3H3/b10-7-,19-16-,28-25-,29-26-,35-34-,38-37-,41-40-,48-45-. The number of hydrogen-bond acceptors (Lipinski definition) is 6. The lowest BCUT2D eigenvalue weighted by molar-refractivity contribution is -0.167. The highest BCUT2D eigenvalue weighted by atomic mass is 16.6. The second-order valence-corrected chi connectivity index (χ2v) is 23.4. The smallest absolute Gasteiger partial charge is 0.306 e. The Hall–Kier alpha value is -3.67. The highest BCUT2D eigenvalue weighted by molar-refractivity contribution is 5.71. The summed E-state index contributed by atoms with van der Waals surface area (Å²) in [7, 11) is 0. The van der Waals surface area contributed by atoms with E-state index in [9.17, 15) is 14.4 Å². The van der Waals surface area contributed by atoms with Crippen LogP contribution in [0.25, 0.3) is 0 Å². The van der Waals surface area contributed by atoms with Gasteiger partial charge in [0.1, 0.15) is 13.2 Å². The van der Waals surface area contributed by atoms with Crippen LogP contribution in [0.4, 0.5) is 0 Å². The van der Waals surface area contributed by atoms with Gasteiger partial charge in [-0.05, 0) is 103 Å². The molecule has 0 N–H and O–H groups in total. The SMILES string of the molecule is CC/C=C\C/C=C\C/C=C\C/C=C\C/C=C\C/C=C\C/C=C\CCCCCCCC(=O)OCC(COC(=O)CCCCCCCCCCCCCCCCCCCC)OC(=O)CCCCCCCCCCC/C=C\CCCCCCCC. The third kappa shape index (κ3) is 67.1. The monoisotopic (exact) mass is 1140 g/mol. The summed E-state index contributed by atoms with van der Waals surface area (Å²) in [5.41, 5.74) is 0. The molecule has 1 atom stereocenters. The molecule has 0 aliphatic heterocycles. The van der Waals surface area contributed by atoms with Gasteiger partial charge in [-0.15, -0.1) is 0 Å². The van der Waals surface area contributed by atoms with Crippen LogP contribution >= 0.6 is 0 Å². The van der Waals surface area contributed by atoms with Crippen LogP contribution in [0.3, 0.4) is 0 Å². The molecular weight excluding hydrogens is 1010 g/mol. The molecule has 0 heterocycles. The first-order chi connectivity index (χ1) is 40.5. The van der Waals surface area contributed by atoms with Crippen LogP contribution in [0.2, 0.25) is 0 Å². The van der Waals surface area contributed by atoms with Gasteiger partial charge >= 0.3 is 17.9 Å². The topological polar surface area (TPSA) is 78.9 Å². The molecule has 82 heavy (non-hydrogen) atoms. The number of rotatable bonds is 64. The van der Waals surface area contributed by atoms with Crippen molar-refractivity contribution in [1.82, 2.24) is 0 Å². The van der Waals surface area contributed by atoms with Crippen LogP contribution in [0.15, 0.2) is 97.2 Å². The minimum Gasteiger partial charge on any atom is -0.462 e. The van der Waals surface area contributed by atoms with E-state index in [2.05, 4.69) is 118 Å². The molecule has 0 rings (SSSR count). The van der Waals surface area contributed by atoms with Gasteiger partial charge < -0.3 is 14.2 Å². The first-order valence-electron chi connectivity index (χ1n) is 35.2. The molecule has 0 amide bonds. The summed E-state index contributed by atoms with van der Waals surface area (Å²) >= 11 is 0. The molecule has 0 aliphatic carbocycles. The molecule has 0 radical (unpaired) electrons. The fourth-order valence-electron chi connectivity index (χ4n) is 10.1. The van der Waals surface area contributed by atoms with Crippen LogP contribution in [0, 0.1) is 0 Å². The van der Waals surface area contributed by atoms with Crippen LogP contribution in [-0.4, -0.2) is 37.2 Å². The van der Waals surface area contributed by atoms with E-state index in [0.717, 1.165) is 122 Å². The Morgan fingerprint density at radius 3 is 0.756 bits per heavy atom. The maximum Gasteiger partial charge on any atom is 0.306 e. The number of carbonyl (C=O) groups is 3. The van der Waals surface area contributed by atoms with Crippen molar-refractivity contribution in [3.63, 3.8) is 0 Å². The number of carbonyl (C=O) groups excluding carboxylic acids is 3. The summed E-state index contributed by atoms with van der Waals surface area (Å²) in [6.07, 6.45) is 94.2. The number of unbranched alkanes of at least 4 members (excludes halogenated alkanes) is 37. The molecule has 0 bridgehead atoms. The van der Waals surface area contributed by atoms with Gasteiger partial charge in [0.2, 0.25) is 0 Å². The van der Waals surface area contributed by atoms with Crippen LogP contribution in [0.5, 0.6) is 0 Å². The summed E-state index contributed by atoms with van der Waals surface area (Å²) in [5.74, 6) is -0.885. The highest BCUT2D eigenvalue weighted by Crippen LogP contribution is 2.17. The molecule has 0 fully saturated rings. The van der Waals surface area contributed by atoms with Gasteiger partial charge in [0.25, 0.3) is 0 Å². The molecule has 6 heteroatoms. The molecule has 0 aromatic rings. The quantitative estimate of drug-likeness (QED) is 0.0261. The van der Waals surface area contributed by atoms with E-state index in [1.807, 2.05) is 0 Å². The molecule has 0 aromatic carbocycles. The van der Waals surface area contributed by atoms with Crippen molar-refractivity contribution in [2.45, 2.75) is 354 Å². The third-order valence-corrected chi connectivity index (χ3v) is 15.3. The average Bonchev–Trinajstić information content (AvgIpc) is 3.47. The largest absolute Gasteiger partial charge is 0.462 e. The molecule has 6 nitrogen and oxygen atoms in total. The highest BCUT2D eigenvalue weighted by Gasteiger charge is 2.19. The lowest BCUT2D eigenvalue weighted by atomic mass is 10.0. The second-order valence-electron chi connectivity index (χ2n) is 23.4. The van der Waals surface area contributed by atoms with E-state index in [0.29, 0.717) is 19.3 Å². The zero-order valence-electron chi connectivity index (χ0n) is 54.2. The molecule has 0 saturated carbocycles. The van der Waals surface area contributed by atoms with E-state index in [4.69, 9.17) is 14.2 Å². The molecule has 0 aromatic heterocycles. The number of esters is 3. The van der Waals surface area contributed by atoms with Gasteiger partial charge in [0.05, 0.1) is 0 Å². The number of ether oxygens (including phenoxy) is 3. The lowest BCUT2D eigenvalue weighted by Crippen LogP contribution is -2.30. The van der Waals surface area contributed by atoms with E-state index in [1.165, 1.54) is 186 Å². The Labute approximate surface area is 508 Å². The normalized spacial score (nSPS) is 12.7. The molecule has 1 unspecified atom stereocenters. The van der Waals surface area contributed by atoms with Gasteiger partial charge in [0.15, 0.2) is 6.10 Å². The second kappa shape index (κ2) is 69.8. The third-order valence-electron chi connectivity index (χ3n) is 15.3. The molecule has 472 valence electrons. The predicted octanol–water partition coefficient (Wildman–Crippen LogP) is 24.4. The van der Waals surface area contributed by atoms with Gasteiger partial charge in [-0.3, -0.25) is 14.4 Å². The maximum absolute atomic E-state index is 13.0. The van der Waals surface area contributed by atoms with Gasteiger partial charge in [0, 0.05) is 19.3 Å². The summed E-state index contributed by atoms with van der Waals surface area (Å²) < 4.78 is 17.0. The van der Waals surface area contributed by atoms with Gasteiger partial charge in [-0.1, -0.05) is 323 Å². The fourth-order valence-corrected chi connectivity index (χ4v) is 10.1. The van der Waals surface area contributed by atoms with Crippen molar-refractivity contribution < 1.29 is 28.6 Å². The molecule has 0 saturated heterocycles. The van der Waals surface area contributed by atoms with Crippen molar-refractivity contribution in [1.29, 1.82) is 0 Å². The first kappa shape index (κ1) is 78.3. The number of hydrogen-bond donors (Lipinski definition) is 0. The maximum atomic E-state index is 13.0. The predicted molar refractivity (Wildman–Crippen MR) is 357 cm³/mol. The van der Waals surface area contributed by atoms with E-state index in [1.54, 1.807) is 0 Å². The molecule has 0 aliphatic rings. The van der Waals surface area contributed by atoms with E-state index >= 15 is 0 Å². The van der Waals surface area contributed by atoms with Crippen molar-refractivity contribution >= 4 is 17.9 Å². The summed E-state index contributed by atoms with van der Waals surface area (Å²) in [6.45, 7) is 6.56. The Bertz CT molecular complexity index is 1590. The van der Waals surface area contributed by atoms with Crippen molar-refractivity contribution in [3.05, 3.63) is 97.2 Å². The van der Waals surface area contributed by atoms with Gasteiger partial charge in [-0.25, -0.2) is 0 Å². The minimum atomic E-state index is -0.788. The zero-order valence-corrected chi connectivity index (χ0v) is 54.2. The summed E-state index contributed by atoms with van der Waals surface area (Å²) in [5, 5.41) is 0. The van der Waals surface area contributed by atoms with E-state index < -0.39 is 6.10 Å². The summed E-state index contributed by atoms with van der Waals surface area (Å²) in [6, 6.07) is 0. The lowest BCUT2D eigenvalue weighted by Gasteiger charge is -2.18. The van der Waals surface area contributed by atoms with Crippen LogP contribution < -0.4 is 0 Å². The van der Waals surface area contributed by atoms with Gasteiger partial charge in [-0.2, -0.15) is 0 Å². The first-order valence-corrected chi connectivity index (χ1v) is 35.2.